The lowest BCUT2D eigenvalue weighted by molar-refractivity contribution is -0.175. The van der Waals surface area contributed by atoms with Gasteiger partial charge >= 0.3 is 12.2 Å². The summed E-state index contributed by atoms with van der Waals surface area (Å²) in [5.41, 5.74) is -0.249. The van der Waals surface area contributed by atoms with Gasteiger partial charge in [-0.15, -0.1) is 0 Å². The molecule has 0 radical (unpaired) electrons. The van der Waals surface area contributed by atoms with E-state index in [9.17, 15) is 36.6 Å². The number of carbonyl (C=O) groups excluding carboxylic acids is 2. The van der Waals surface area contributed by atoms with Crippen LogP contribution in [0.15, 0.2) is 48.5 Å². The summed E-state index contributed by atoms with van der Waals surface area (Å²) in [5.74, 6) is -2.83. The summed E-state index contributed by atoms with van der Waals surface area (Å²) in [4.78, 5) is 29.4. The average Bonchev–Trinajstić information content (AvgIpc) is 3.58. The summed E-state index contributed by atoms with van der Waals surface area (Å²) in [6.45, 7) is -0.261. The lowest BCUT2D eigenvalue weighted by Gasteiger charge is -2.43. The molecule has 2 fully saturated rings. The van der Waals surface area contributed by atoms with Crippen LogP contribution in [0.3, 0.4) is 0 Å². The number of hydrogen-bond donors (Lipinski definition) is 3. The normalized spacial score (nSPS) is 20.8. The predicted molar refractivity (Wildman–Crippen MR) is 144 cm³/mol. The predicted octanol–water partition coefficient (Wildman–Crippen LogP) is 3.53. The molecule has 0 bridgehead atoms. The molecule has 3 heterocycles. The molecule has 2 amide bonds. The number of carbonyl (C=O) groups is 2. The van der Waals surface area contributed by atoms with Crippen LogP contribution in [0, 0.1) is 11.6 Å². The molecular weight excluding hydrogens is 579 g/mol. The van der Waals surface area contributed by atoms with Gasteiger partial charge in [0.25, 0.3) is 5.91 Å². The van der Waals surface area contributed by atoms with E-state index in [0.717, 1.165) is 11.0 Å². The smallest absolute Gasteiger partial charge is 0.406 e. The Balaban J connectivity index is 1.64. The van der Waals surface area contributed by atoms with Crippen LogP contribution in [0.5, 0.6) is 5.75 Å². The Labute approximate surface area is 243 Å². The van der Waals surface area contributed by atoms with Gasteiger partial charge in [0.1, 0.15) is 29.4 Å². The number of β-amino-alcohol motifs (C(OH)–C–C–N with tert-alkyl or cyclic N) is 1. The first-order valence-corrected chi connectivity index (χ1v) is 13.5. The molecule has 0 aliphatic carbocycles. The number of piperazine rings is 1. The SMILES string of the molecule is COc1c(C2C(C(F)(F)F)NCCN2C(=O)N2CCC(O)C2)nn(C(=O)c2ccccc2F)c1NCc1ccc(F)cc1. The van der Waals surface area contributed by atoms with Crippen LogP contribution < -0.4 is 15.4 Å². The number of benzene rings is 2. The van der Waals surface area contributed by atoms with Gasteiger partial charge in [0.2, 0.25) is 0 Å². The van der Waals surface area contributed by atoms with Gasteiger partial charge in [0.05, 0.1) is 18.8 Å². The van der Waals surface area contributed by atoms with Gasteiger partial charge in [0.15, 0.2) is 11.6 Å². The first kappa shape index (κ1) is 30.2. The van der Waals surface area contributed by atoms with Gasteiger partial charge in [-0.3, -0.25) is 4.79 Å². The standard InChI is InChI=1S/C28H29F5N6O4/c1-43-23-21(22-24(28(31,32)33)34-11-13-38(22)27(42)37-12-10-18(40)15-37)36-39(26(41)19-4-2-3-5-20(19)30)25(23)35-14-16-6-8-17(29)9-7-16/h2-9,18,22,24,34-35,40H,10-15H2,1H3. The third kappa shape index (κ3) is 6.13. The van der Waals surface area contributed by atoms with Crippen molar-refractivity contribution in [2.45, 2.75) is 37.3 Å². The second kappa shape index (κ2) is 12.2. The number of aliphatic hydroxyl groups is 1. The molecule has 3 aromatic rings. The molecular formula is C28H29F5N6O4. The van der Waals surface area contributed by atoms with Crippen LogP contribution in [0.1, 0.15) is 34.1 Å². The zero-order valence-corrected chi connectivity index (χ0v) is 22.9. The highest BCUT2D eigenvalue weighted by atomic mass is 19.4. The van der Waals surface area contributed by atoms with Crippen molar-refractivity contribution in [2.24, 2.45) is 0 Å². The van der Waals surface area contributed by atoms with Crippen molar-refractivity contribution in [3.8, 4) is 5.75 Å². The van der Waals surface area contributed by atoms with Crippen molar-refractivity contribution in [1.82, 2.24) is 24.9 Å². The van der Waals surface area contributed by atoms with Crippen molar-refractivity contribution < 1.29 is 41.4 Å². The van der Waals surface area contributed by atoms with E-state index in [1.807, 2.05) is 0 Å². The third-order valence-electron chi connectivity index (χ3n) is 7.42. The molecule has 2 aromatic carbocycles. The van der Waals surface area contributed by atoms with Gasteiger partial charge in [-0.25, -0.2) is 13.6 Å². The van der Waals surface area contributed by atoms with E-state index in [0.29, 0.717) is 10.2 Å². The van der Waals surface area contributed by atoms with Crippen molar-refractivity contribution in [1.29, 1.82) is 0 Å². The molecule has 2 saturated heterocycles. The van der Waals surface area contributed by atoms with Gasteiger partial charge in [-0.2, -0.15) is 23.0 Å². The minimum Gasteiger partial charge on any atom is -0.491 e. The molecule has 0 saturated carbocycles. The highest BCUT2D eigenvalue weighted by Crippen LogP contribution is 2.43. The third-order valence-corrected chi connectivity index (χ3v) is 7.42. The fraction of sp³-hybridized carbons (Fsp3) is 0.393. The number of anilines is 1. The highest BCUT2D eigenvalue weighted by Gasteiger charge is 2.53. The number of ether oxygens (including phenoxy) is 1. The monoisotopic (exact) mass is 608 g/mol. The van der Waals surface area contributed by atoms with Gasteiger partial charge < -0.3 is 30.3 Å². The summed E-state index contributed by atoms with van der Waals surface area (Å²) in [5, 5.41) is 19.5. The Bertz CT molecular complexity index is 1480. The van der Waals surface area contributed by atoms with Crippen molar-refractivity contribution in [3.05, 3.63) is 77.0 Å². The Morgan fingerprint density at radius 1 is 1.12 bits per heavy atom. The van der Waals surface area contributed by atoms with Gasteiger partial charge in [-0.05, 0) is 36.2 Å². The number of methoxy groups -OCH3 is 1. The van der Waals surface area contributed by atoms with Crippen LogP contribution in [-0.2, 0) is 6.54 Å². The van der Waals surface area contributed by atoms with Gasteiger partial charge in [0, 0.05) is 32.7 Å². The fourth-order valence-corrected chi connectivity index (χ4v) is 5.34. The van der Waals surface area contributed by atoms with Crippen molar-refractivity contribution >= 4 is 17.8 Å². The number of nitrogens with one attached hydrogen (secondary N) is 2. The molecule has 5 rings (SSSR count). The van der Waals surface area contributed by atoms with Crippen LogP contribution >= 0.6 is 0 Å². The maximum absolute atomic E-state index is 14.7. The molecule has 3 atom stereocenters. The van der Waals surface area contributed by atoms with E-state index in [1.54, 1.807) is 0 Å². The number of likely N-dealkylation sites (tertiary alicyclic amines) is 1. The minimum absolute atomic E-state index is 0.0355. The Morgan fingerprint density at radius 2 is 1.84 bits per heavy atom. The average molecular weight is 609 g/mol. The molecule has 3 N–H and O–H groups in total. The Morgan fingerprint density at radius 3 is 2.47 bits per heavy atom. The molecule has 3 unspecified atom stereocenters. The fourth-order valence-electron chi connectivity index (χ4n) is 5.34. The number of halogens is 5. The van der Waals surface area contributed by atoms with E-state index in [1.165, 1.54) is 54.5 Å². The number of amides is 2. The number of urea groups is 1. The maximum Gasteiger partial charge on any atom is 0.406 e. The van der Waals surface area contributed by atoms with Crippen LogP contribution in [-0.4, -0.2) is 88.2 Å². The second-order valence-electron chi connectivity index (χ2n) is 10.2. The van der Waals surface area contributed by atoms with Gasteiger partial charge in [-0.1, -0.05) is 24.3 Å². The number of rotatable bonds is 6. The van der Waals surface area contributed by atoms with E-state index < -0.39 is 59.2 Å². The minimum atomic E-state index is -4.86. The highest BCUT2D eigenvalue weighted by molar-refractivity contribution is 5.98. The Hall–Kier alpha value is -4.24. The summed E-state index contributed by atoms with van der Waals surface area (Å²) >= 11 is 0. The molecule has 10 nitrogen and oxygen atoms in total. The van der Waals surface area contributed by atoms with E-state index >= 15 is 0 Å². The zero-order chi connectivity index (χ0) is 30.9. The second-order valence-corrected chi connectivity index (χ2v) is 10.2. The maximum atomic E-state index is 14.7. The molecule has 43 heavy (non-hydrogen) atoms. The Kier molecular flexibility index (Phi) is 8.55. The number of alkyl halides is 3. The number of nitrogens with zero attached hydrogens (tertiary/aromatic N) is 4. The van der Waals surface area contributed by atoms with E-state index in [2.05, 4.69) is 15.7 Å². The lowest BCUT2D eigenvalue weighted by Crippen LogP contribution is -2.61. The van der Waals surface area contributed by atoms with E-state index in [4.69, 9.17) is 4.74 Å². The van der Waals surface area contributed by atoms with Crippen LogP contribution in [0.4, 0.5) is 32.6 Å². The molecule has 15 heteroatoms. The largest absolute Gasteiger partial charge is 0.491 e. The topological polar surface area (TPSA) is 112 Å². The summed E-state index contributed by atoms with van der Waals surface area (Å²) in [6, 6.07) is 5.54. The summed E-state index contributed by atoms with van der Waals surface area (Å²) in [6.07, 6.45) is -5.39. The number of aliphatic hydroxyl groups excluding tert-OH is 1. The van der Waals surface area contributed by atoms with E-state index in [-0.39, 0.29) is 50.7 Å². The molecule has 2 aliphatic heterocycles. The van der Waals surface area contributed by atoms with Crippen molar-refractivity contribution in [2.75, 3.05) is 38.6 Å². The molecule has 0 spiro atoms. The molecule has 230 valence electrons. The molecule has 2 aliphatic rings. The van der Waals surface area contributed by atoms with Crippen LogP contribution in [0.2, 0.25) is 0 Å². The van der Waals surface area contributed by atoms with Crippen molar-refractivity contribution in [3.63, 3.8) is 0 Å². The lowest BCUT2D eigenvalue weighted by atomic mass is 9.99. The quantitative estimate of drug-likeness (QED) is 0.367. The summed E-state index contributed by atoms with van der Waals surface area (Å²) in [7, 11) is 1.17. The number of hydrogen-bond acceptors (Lipinski definition) is 7. The molecule has 1 aromatic heterocycles. The number of aromatic nitrogens is 2. The first-order chi connectivity index (χ1) is 20.5. The van der Waals surface area contributed by atoms with Crippen LogP contribution in [0.25, 0.3) is 0 Å². The summed E-state index contributed by atoms with van der Waals surface area (Å²) < 4.78 is 77.8. The zero-order valence-electron chi connectivity index (χ0n) is 22.9. The first-order valence-electron chi connectivity index (χ1n) is 13.5.